The smallest absolute Gasteiger partial charge is 0.0319 e. The zero-order valence-electron chi connectivity index (χ0n) is 15.8. The maximum atomic E-state index is 7.00. The monoisotopic (exact) mass is 301 g/mol. The van der Waals surface area contributed by atoms with Crippen LogP contribution in [-0.2, 0) is 0 Å². The van der Waals surface area contributed by atoms with Gasteiger partial charge in [0, 0.05) is 13.7 Å². The van der Waals surface area contributed by atoms with Gasteiger partial charge < -0.3 is 10.0 Å². The zero-order valence-corrected chi connectivity index (χ0v) is 15.8. The molecular weight excluding hydrogens is 258 g/mol. The van der Waals surface area contributed by atoms with Gasteiger partial charge in [0.25, 0.3) is 0 Å². The largest absolute Gasteiger partial charge is 0.400 e. The molecular formula is C19H43NO. The Labute approximate surface area is 135 Å². The molecule has 2 rings (SSSR count). The van der Waals surface area contributed by atoms with Crippen molar-refractivity contribution in [3.63, 3.8) is 0 Å². The molecule has 0 bridgehead atoms. The van der Waals surface area contributed by atoms with Gasteiger partial charge >= 0.3 is 0 Å². The lowest BCUT2D eigenvalue weighted by Crippen LogP contribution is -2.31. The molecule has 0 amide bonds. The maximum absolute atomic E-state index is 7.00. The number of nitrogens with zero attached hydrogens (tertiary/aromatic N) is 1. The minimum Gasteiger partial charge on any atom is -0.400 e. The van der Waals surface area contributed by atoms with Crippen LogP contribution < -0.4 is 0 Å². The van der Waals surface area contributed by atoms with Crippen molar-refractivity contribution in [1.82, 2.24) is 4.90 Å². The Morgan fingerprint density at radius 1 is 0.810 bits per heavy atom. The van der Waals surface area contributed by atoms with Crippen molar-refractivity contribution < 1.29 is 5.11 Å². The molecule has 21 heavy (non-hydrogen) atoms. The van der Waals surface area contributed by atoms with E-state index in [0.29, 0.717) is 0 Å². The van der Waals surface area contributed by atoms with Crippen LogP contribution in [0, 0.1) is 11.8 Å². The first-order chi connectivity index (χ1) is 10.2. The minimum absolute atomic E-state index is 0.995. The topological polar surface area (TPSA) is 23.5 Å². The standard InChI is InChI=1S/C12H23N.2C3H8.CH4O/c1-11-6-2-3-7-12(11)10-13-8-4-5-9-13;2*1-3-2;1-2/h11-12H,2-10H2,1H3;2*3H2,1-2H3;2H,1H3. The lowest BCUT2D eigenvalue weighted by atomic mass is 9.80. The molecule has 130 valence electrons. The molecule has 1 aliphatic heterocycles. The van der Waals surface area contributed by atoms with Gasteiger partial charge in [0.05, 0.1) is 0 Å². The Bertz CT molecular complexity index is 176. The molecule has 0 spiro atoms. The van der Waals surface area contributed by atoms with Crippen molar-refractivity contribution in [3.05, 3.63) is 0 Å². The average molecular weight is 302 g/mol. The van der Waals surface area contributed by atoms with Crippen LogP contribution in [0.4, 0.5) is 0 Å². The summed E-state index contributed by atoms with van der Waals surface area (Å²) in [5, 5.41) is 7.00. The summed E-state index contributed by atoms with van der Waals surface area (Å²) in [5.74, 6) is 2.01. The normalized spacial score (nSPS) is 24.7. The van der Waals surface area contributed by atoms with Gasteiger partial charge in [-0.3, -0.25) is 0 Å². The summed E-state index contributed by atoms with van der Waals surface area (Å²) in [6.07, 6.45) is 11.3. The third-order valence-electron chi connectivity index (χ3n) is 3.98. The van der Waals surface area contributed by atoms with E-state index >= 15 is 0 Å². The molecule has 2 aliphatic rings. The SMILES string of the molecule is CC1CCCCC1CN1CCCC1.CCC.CCC.CO. The van der Waals surface area contributed by atoms with Gasteiger partial charge in [-0.1, -0.05) is 66.7 Å². The van der Waals surface area contributed by atoms with Crippen molar-refractivity contribution in [2.45, 2.75) is 86.0 Å². The first kappa shape index (κ1) is 23.2. The van der Waals surface area contributed by atoms with Crippen LogP contribution in [0.2, 0.25) is 0 Å². The van der Waals surface area contributed by atoms with E-state index in [1.807, 2.05) is 0 Å². The van der Waals surface area contributed by atoms with E-state index in [-0.39, 0.29) is 0 Å². The molecule has 1 N–H and O–H groups in total. The van der Waals surface area contributed by atoms with E-state index in [2.05, 4.69) is 39.5 Å². The molecule has 2 unspecified atom stereocenters. The Balaban J connectivity index is 0. The number of rotatable bonds is 2. The summed E-state index contributed by atoms with van der Waals surface area (Å²) in [6.45, 7) is 15.1. The minimum atomic E-state index is 0.995. The van der Waals surface area contributed by atoms with E-state index in [9.17, 15) is 0 Å². The molecule has 1 saturated carbocycles. The fourth-order valence-electron chi connectivity index (χ4n) is 2.96. The Morgan fingerprint density at radius 3 is 1.67 bits per heavy atom. The Morgan fingerprint density at radius 2 is 1.24 bits per heavy atom. The van der Waals surface area contributed by atoms with E-state index in [1.54, 1.807) is 0 Å². The third kappa shape index (κ3) is 13.3. The molecule has 0 aromatic heterocycles. The van der Waals surface area contributed by atoms with Crippen LogP contribution in [0.1, 0.15) is 86.0 Å². The fourth-order valence-corrected chi connectivity index (χ4v) is 2.96. The molecule has 2 nitrogen and oxygen atoms in total. The highest BCUT2D eigenvalue weighted by Crippen LogP contribution is 2.30. The number of likely N-dealkylation sites (tertiary alicyclic amines) is 1. The maximum Gasteiger partial charge on any atom is 0.0319 e. The van der Waals surface area contributed by atoms with Crippen LogP contribution in [0.5, 0.6) is 0 Å². The summed E-state index contributed by atoms with van der Waals surface area (Å²) < 4.78 is 0. The predicted molar refractivity (Wildman–Crippen MR) is 96.9 cm³/mol. The first-order valence-electron chi connectivity index (χ1n) is 9.36. The van der Waals surface area contributed by atoms with Crippen LogP contribution >= 0.6 is 0 Å². The molecule has 1 saturated heterocycles. The molecule has 0 aromatic rings. The highest BCUT2D eigenvalue weighted by molar-refractivity contribution is 4.77. The van der Waals surface area contributed by atoms with Gasteiger partial charge in [-0.15, -0.1) is 0 Å². The Hall–Kier alpha value is -0.0800. The molecule has 0 radical (unpaired) electrons. The van der Waals surface area contributed by atoms with E-state index in [4.69, 9.17) is 5.11 Å². The van der Waals surface area contributed by atoms with Crippen molar-refractivity contribution in [2.75, 3.05) is 26.7 Å². The highest BCUT2D eigenvalue weighted by Gasteiger charge is 2.24. The van der Waals surface area contributed by atoms with Crippen LogP contribution in [-0.4, -0.2) is 36.8 Å². The van der Waals surface area contributed by atoms with E-state index in [0.717, 1.165) is 18.9 Å². The molecule has 2 heteroatoms. The summed E-state index contributed by atoms with van der Waals surface area (Å²) in [4.78, 5) is 2.69. The molecule has 0 aromatic carbocycles. The van der Waals surface area contributed by atoms with E-state index < -0.39 is 0 Å². The number of hydrogen-bond donors (Lipinski definition) is 1. The van der Waals surface area contributed by atoms with Crippen molar-refractivity contribution >= 4 is 0 Å². The summed E-state index contributed by atoms with van der Waals surface area (Å²) in [6, 6.07) is 0. The lowest BCUT2D eigenvalue weighted by Gasteiger charge is -2.32. The van der Waals surface area contributed by atoms with Crippen LogP contribution in [0.3, 0.4) is 0 Å². The predicted octanol–water partition coefficient (Wildman–Crippen LogP) is 5.35. The number of hydrogen-bond acceptors (Lipinski definition) is 2. The lowest BCUT2D eigenvalue weighted by molar-refractivity contribution is 0.180. The molecule has 2 atom stereocenters. The van der Waals surface area contributed by atoms with Crippen molar-refractivity contribution in [1.29, 1.82) is 0 Å². The van der Waals surface area contributed by atoms with Crippen molar-refractivity contribution in [3.8, 4) is 0 Å². The Kier molecular flexibility index (Phi) is 19.8. The summed E-state index contributed by atoms with van der Waals surface area (Å²) >= 11 is 0. The van der Waals surface area contributed by atoms with Gasteiger partial charge in [-0.25, -0.2) is 0 Å². The van der Waals surface area contributed by atoms with Gasteiger partial charge in [-0.2, -0.15) is 0 Å². The number of aliphatic hydroxyl groups is 1. The molecule has 2 fully saturated rings. The van der Waals surface area contributed by atoms with Gasteiger partial charge in [0.15, 0.2) is 0 Å². The molecule has 1 heterocycles. The van der Waals surface area contributed by atoms with Crippen LogP contribution in [0.25, 0.3) is 0 Å². The molecule has 1 aliphatic carbocycles. The fraction of sp³-hybridized carbons (Fsp3) is 1.00. The van der Waals surface area contributed by atoms with Crippen LogP contribution in [0.15, 0.2) is 0 Å². The zero-order chi connectivity index (χ0) is 16.5. The summed E-state index contributed by atoms with van der Waals surface area (Å²) in [5.41, 5.74) is 0. The summed E-state index contributed by atoms with van der Waals surface area (Å²) in [7, 11) is 1.00. The van der Waals surface area contributed by atoms with Gasteiger partial charge in [0.2, 0.25) is 0 Å². The second-order valence-electron chi connectivity index (χ2n) is 6.44. The quantitative estimate of drug-likeness (QED) is 0.743. The second-order valence-corrected chi connectivity index (χ2v) is 6.44. The average Bonchev–Trinajstić information content (AvgIpc) is 2.98. The highest BCUT2D eigenvalue weighted by atomic mass is 16.2. The van der Waals surface area contributed by atoms with Crippen molar-refractivity contribution in [2.24, 2.45) is 11.8 Å². The second kappa shape index (κ2) is 18.0. The van der Waals surface area contributed by atoms with E-state index in [1.165, 1.54) is 71.0 Å². The number of aliphatic hydroxyl groups excluding tert-OH is 1. The third-order valence-corrected chi connectivity index (χ3v) is 3.98. The first-order valence-corrected chi connectivity index (χ1v) is 9.36. The van der Waals surface area contributed by atoms with Gasteiger partial charge in [-0.05, 0) is 44.2 Å². The van der Waals surface area contributed by atoms with Gasteiger partial charge in [0.1, 0.15) is 0 Å².